The standard InChI is InChI=1S/C20H19BrO2/c21-16-11-9-14(10-12-16)18(17-7-4-8-19(17)22)13-20(23)15-5-2-1-3-6-15/h1-3,5-6,9-12,17-18H,4,7-8,13H2/t17?,18-/m1/s1. The van der Waals surface area contributed by atoms with Crippen molar-refractivity contribution in [1.29, 1.82) is 0 Å². The minimum absolute atomic E-state index is 0.0224. The van der Waals surface area contributed by atoms with Gasteiger partial charge in [-0.25, -0.2) is 0 Å². The van der Waals surface area contributed by atoms with Crippen molar-refractivity contribution in [1.82, 2.24) is 0 Å². The molecule has 0 heterocycles. The summed E-state index contributed by atoms with van der Waals surface area (Å²) in [6.07, 6.45) is 2.87. The van der Waals surface area contributed by atoms with Crippen LogP contribution in [-0.4, -0.2) is 11.6 Å². The van der Waals surface area contributed by atoms with Gasteiger partial charge in [0.25, 0.3) is 0 Å². The number of Topliss-reactive ketones (excluding diaryl/α,β-unsaturated/α-hetero) is 2. The summed E-state index contributed by atoms with van der Waals surface area (Å²) in [5, 5.41) is 0. The Bertz CT molecular complexity index is 691. The summed E-state index contributed by atoms with van der Waals surface area (Å²) in [5.74, 6) is 0.367. The van der Waals surface area contributed by atoms with E-state index in [4.69, 9.17) is 0 Å². The molecule has 3 rings (SSSR count). The third kappa shape index (κ3) is 3.78. The number of carbonyl (C=O) groups is 2. The molecule has 0 bridgehead atoms. The number of ketones is 2. The van der Waals surface area contributed by atoms with E-state index >= 15 is 0 Å². The van der Waals surface area contributed by atoms with Crippen molar-refractivity contribution in [2.75, 3.05) is 0 Å². The minimum Gasteiger partial charge on any atom is -0.299 e. The van der Waals surface area contributed by atoms with Crippen molar-refractivity contribution in [2.45, 2.75) is 31.6 Å². The Balaban J connectivity index is 1.87. The normalized spacial score (nSPS) is 18.8. The molecule has 23 heavy (non-hydrogen) atoms. The van der Waals surface area contributed by atoms with Crippen LogP contribution >= 0.6 is 15.9 Å². The molecule has 1 unspecified atom stereocenters. The predicted molar refractivity (Wildman–Crippen MR) is 94.6 cm³/mol. The van der Waals surface area contributed by atoms with Crippen molar-refractivity contribution < 1.29 is 9.59 Å². The monoisotopic (exact) mass is 370 g/mol. The van der Waals surface area contributed by atoms with Gasteiger partial charge in [-0.2, -0.15) is 0 Å². The van der Waals surface area contributed by atoms with E-state index in [0.29, 0.717) is 18.6 Å². The van der Waals surface area contributed by atoms with Gasteiger partial charge in [0.1, 0.15) is 5.78 Å². The van der Waals surface area contributed by atoms with E-state index in [0.717, 1.165) is 28.4 Å². The summed E-state index contributed by atoms with van der Waals surface area (Å²) in [6, 6.07) is 17.4. The second-order valence-corrected chi connectivity index (χ2v) is 7.03. The molecule has 1 saturated carbocycles. The topological polar surface area (TPSA) is 34.1 Å². The van der Waals surface area contributed by atoms with Crippen LogP contribution in [0.2, 0.25) is 0 Å². The summed E-state index contributed by atoms with van der Waals surface area (Å²) in [7, 11) is 0. The van der Waals surface area contributed by atoms with Crippen molar-refractivity contribution in [2.24, 2.45) is 5.92 Å². The Labute approximate surface area is 145 Å². The van der Waals surface area contributed by atoms with Gasteiger partial charge >= 0.3 is 0 Å². The lowest BCUT2D eigenvalue weighted by Gasteiger charge is -2.22. The van der Waals surface area contributed by atoms with Gasteiger partial charge in [-0.15, -0.1) is 0 Å². The maximum Gasteiger partial charge on any atom is 0.163 e. The molecular formula is C20H19BrO2. The quantitative estimate of drug-likeness (QED) is 0.679. The molecular weight excluding hydrogens is 352 g/mol. The van der Waals surface area contributed by atoms with Crippen LogP contribution < -0.4 is 0 Å². The lowest BCUT2D eigenvalue weighted by molar-refractivity contribution is -0.121. The SMILES string of the molecule is O=C(C[C@H](c1ccc(Br)cc1)C1CCCC1=O)c1ccccc1. The molecule has 0 saturated heterocycles. The van der Waals surface area contributed by atoms with E-state index in [1.807, 2.05) is 54.6 Å². The van der Waals surface area contributed by atoms with Crippen molar-refractivity contribution in [3.05, 3.63) is 70.2 Å². The summed E-state index contributed by atoms with van der Waals surface area (Å²) < 4.78 is 1.01. The highest BCUT2D eigenvalue weighted by Crippen LogP contribution is 2.38. The van der Waals surface area contributed by atoms with E-state index in [1.54, 1.807) is 0 Å². The van der Waals surface area contributed by atoms with Crippen molar-refractivity contribution >= 4 is 27.5 Å². The first-order chi connectivity index (χ1) is 11.1. The smallest absolute Gasteiger partial charge is 0.163 e. The van der Waals surface area contributed by atoms with Crippen LogP contribution in [0.25, 0.3) is 0 Å². The zero-order chi connectivity index (χ0) is 16.2. The first kappa shape index (κ1) is 16.1. The summed E-state index contributed by atoms with van der Waals surface area (Å²) >= 11 is 3.44. The molecule has 0 spiro atoms. The molecule has 118 valence electrons. The number of carbonyl (C=O) groups excluding carboxylic acids is 2. The van der Waals surface area contributed by atoms with Gasteiger partial charge in [-0.05, 0) is 30.5 Å². The van der Waals surface area contributed by atoms with Crippen LogP contribution in [0.5, 0.6) is 0 Å². The van der Waals surface area contributed by atoms with Crippen LogP contribution in [0.4, 0.5) is 0 Å². The first-order valence-electron chi connectivity index (χ1n) is 8.01. The maximum atomic E-state index is 12.6. The molecule has 0 radical (unpaired) electrons. The van der Waals surface area contributed by atoms with E-state index in [-0.39, 0.29) is 17.6 Å². The van der Waals surface area contributed by atoms with E-state index in [1.165, 1.54) is 0 Å². The molecule has 3 heteroatoms. The van der Waals surface area contributed by atoms with Gasteiger partial charge in [-0.1, -0.05) is 58.4 Å². The molecule has 2 nitrogen and oxygen atoms in total. The number of benzene rings is 2. The molecule has 2 atom stereocenters. The third-order valence-electron chi connectivity index (χ3n) is 4.64. The van der Waals surface area contributed by atoms with Crippen LogP contribution in [0, 0.1) is 5.92 Å². The Hall–Kier alpha value is -1.74. The van der Waals surface area contributed by atoms with E-state index in [2.05, 4.69) is 15.9 Å². The lowest BCUT2D eigenvalue weighted by Crippen LogP contribution is -2.20. The molecule has 2 aromatic rings. The Morgan fingerprint density at radius 1 is 1.09 bits per heavy atom. The number of hydrogen-bond donors (Lipinski definition) is 0. The van der Waals surface area contributed by atoms with Crippen LogP contribution in [0.15, 0.2) is 59.1 Å². The fraction of sp³-hybridized carbons (Fsp3) is 0.300. The Kier molecular flexibility index (Phi) is 5.06. The summed E-state index contributed by atoms with van der Waals surface area (Å²) in [6.45, 7) is 0. The largest absolute Gasteiger partial charge is 0.299 e. The Morgan fingerprint density at radius 2 is 1.78 bits per heavy atom. The van der Waals surface area contributed by atoms with E-state index < -0.39 is 0 Å². The predicted octanol–water partition coefficient (Wildman–Crippen LogP) is 5.17. The third-order valence-corrected chi connectivity index (χ3v) is 5.17. The van der Waals surface area contributed by atoms with Gasteiger partial charge < -0.3 is 0 Å². The van der Waals surface area contributed by atoms with Crippen LogP contribution in [0.1, 0.15) is 47.5 Å². The van der Waals surface area contributed by atoms with Crippen LogP contribution in [-0.2, 0) is 4.79 Å². The Morgan fingerprint density at radius 3 is 2.39 bits per heavy atom. The molecule has 0 aliphatic heterocycles. The fourth-order valence-corrected chi connectivity index (χ4v) is 3.68. The molecule has 2 aromatic carbocycles. The average molecular weight is 371 g/mol. The molecule has 1 fully saturated rings. The first-order valence-corrected chi connectivity index (χ1v) is 8.81. The molecule has 0 amide bonds. The molecule has 0 N–H and O–H groups in total. The second-order valence-electron chi connectivity index (χ2n) is 6.12. The lowest BCUT2D eigenvalue weighted by atomic mass is 9.80. The zero-order valence-electron chi connectivity index (χ0n) is 12.9. The molecule has 1 aliphatic carbocycles. The second kappa shape index (κ2) is 7.22. The summed E-state index contributed by atoms with van der Waals surface area (Å²) in [5.41, 5.74) is 1.80. The number of hydrogen-bond acceptors (Lipinski definition) is 2. The molecule has 1 aliphatic rings. The highest BCUT2D eigenvalue weighted by atomic mass is 79.9. The number of rotatable bonds is 5. The highest BCUT2D eigenvalue weighted by Gasteiger charge is 2.34. The van der Waals surface area contributed by atoms with Gasteiger partial charge in [0.15, 0.2) is 5.78 Å². The van der Waals surface area contributed by atoms with Crippen molar-refractivity contribution in [3.8, 4) is 0 Å². The maximum absolute atomic E-state index is 12.6. The van der Waals surface area contributed by atoms with E-state index in [9.17, 15) is 9.59 Å². The van der Waals surface area contributed by atoms with Gasteiger partial charge in [0.2, 0.25) is 0 Å². The van der Waals surface area contributed by atoms with Gasteiger partial charge in [0, 0.05) is 34.7 Å². The zero-order valence-corrected chi connectivity index (χ0v) is 14.5. The van der Waals surface area contributed by atoms with Crippen LogP contribution in [0.3, 0.4) is 0 Å². The number of halogens is 1. The summed E-state index contributed by atoms with van der Waals surface area (Å²) in [4.78, 5) is 24.9. The minimum atomic E-state index is -0.0242. The van der Waals surface area contributed by atoms with Crippen molar-refractivity contribution in [3.63, 3.8) is 0 Å². The van der Waals surface area contributed by atoms with Gasteiger partial charge in [-0.3, -0.25) is 9.59 Å². The van der Waals surface area contributed by atoms with Gasteiger partial charge in [0.05, 0.1) is 0 Å². The highest BCUT2D eigenvalue weighted by molar-refractivity contribution is 9.10. The average Bonchev–Trinajstić information content (AvgIpc) is 3.00. The molecule has 0 aromatic heterocycles. The fourth-order valence-electron chi connectivity index (χ4n) is 3.41.